The van der Waals surface area contributed by atoms with Gasteiger partial charge in [0, 0.05) is 24.2 Å². The summed E-state index contributed by atoms with van der Waals surface area (Å²) >= 11 is 0. The van der Waals surface area contributed by atoms with Crippen LogP contribution in [0.2, 0.25) is 0 Å². The van der Waals surface area contributed by atoms with Gasteiger partial charge in [-0.15, -0.1) is 0 Å². The Labute approximate surface area is 120 Å². The number of rotatable bonds is 4. The number of aromatic nitrogens is 3. The molecule has 21 heavy (non-hydrogen) atoms. The van der Waals surface area contributed by atoms with Gasteiger partial charge in [-0.1, -0.05) is 18.2 Å². The van der Waals surface area contributed by atoms with E-state index in [1.807, 2.05) is 24.3 Å². The van der Waals surface area contributed by atoms with Gasteiger partial charge in [0.1, 0.15) is 5.75 Å². The van der Waals surface area contributed by atoms with Crippen LogP contribution in [0.5, 0.6) is 5.75 Å². The Bertz CT molecular complexity index is 813. The molecule has 0 atom stereocenters. The fraction of sp³-hybridized carbons (Fsp3) is 0.143. The van der Waals surface area contributed by atoms with Crippen molar-refractivity contribution in [3.63, 3.8) is 0 Å². The summed E-state index contributed by atoms with van der Waals surface area (Å²) in [6.07, 6.45) is 2.09. The van der Waals surface area contributed by atoms with Crippen LogP contribution in [0.1, 0.15) is 11.4 Å². The van der Waals surface area contributed by atoms with E-state index in [0.29, 0.717) is 12.2 Å². The monoisotopic (exact) mass is 284 g/mol. The second-order valence-electron chi connectivity index (χ2n) is 4.44. The lowest BCUT2D eigenvalue weighted by atomic mass is 10.1. The standard InChI is InChI=1S/C14H12N4O3/c1-21-12-7-3-2-5-10(12)9-13-15-14-11(18(19)20)6-4-8-17(14)16-13/h2-8H,9H2,1H3. The zero-order chi connectivity index (χ0) is 14.8. The molecule has 106 valence electrons. The van der Waals surface area contributed by atoms with Crippen molar-refractivity contribution in [1.29, 1.82) is 0 Å². The molecule has 0 aliphatic rings. The van der Waals surface area contributed by atoms with Crippen LogP contribution in [0.25, 0.3) is 5.65 Å². The maximum absolute atomic E-state index is 11.0. The number of methoxy groups -OCH3 is 1. The topological polar surface area (TPSA) is 82.6 Å². The Morgan fingerprint density at radius 2 is 2.10 bits per heavy atom. The summed E-state index contributed by atoms with van der Waals surface area (Å²) in [6, 6.07) is 10.5. The first-order valence-electron chi connectivity index (χ1n) is 6.29. The highest BCUT2D eigenvalue weighted by Crippen LogP contribution is 2.22. The molecule has 0 spiro atoms. The fourth-order valence-electron chi connectivity index (χ4n) is 2.17. The second-order valence-corrected chi connectivity index (χ2v) is 4.44. The quantitative estimate of drug-likeness (QED) is 0.542. The maximum Gasteiger partial charge on any atom is 0.313 e. The van der Waals surface area contributed by atoms with Crippen molar-refractivity contribution in [2.45, 2.75) is 6.42 Å². The molecule has 3 rings (SSSR count). The lowest BCUT2D eigenvalue weighted by molar-refractivity contribution is -0.383. The third-order valence-electron chi connectivity index (χ3n) is 3.12. The number of nitrogens with zero attached hydrogens (tertiary/aromatic N) is 4. The Balaban J connectivity index is 2.02. The van der Waals surface area contributed by atoms with Gasteiger partial charge in [0.05, 0.1) is 12.0 Å². The number of fused-ring (bicyclic) bond motifs is 1. The van der Waals surface area contributed by atoms with E-state index in [2.05, 4.69) is 10.1 Å². The van der Waals surface area contributed by atoms with E-state index in [9.17, 15) is 10.1 Å². The van der Waals surface area contributed by atoms with Crippen molar-refractivity contribution in [3.8, 4) is 5.75 Å². The zero-order valence-corrected chi connectivity index (χ0v) is 11.3. The number of para-hydroxylation sites is 1. The lowest BCUT2D eigenvalue weighted by Gasteiger charge is -2.05. The molecule has 0 radical (unpaired) electrons. The largest absolute Gasteiger partial charge is 0.496 e. The van der Waals surface area contributed by atoms with Gasteiger partial charge in [-0.3, -0.25) is 10.1 Å². The first kappa shape index (κ1) is 13.0. The molecule has 0 unspecified atom stereocenters. The van der Waals surface area contributed by atoms with Crippen LogP contribution in [0.15, 0.2) is 42.6 Å². The molecule has 3 aromatic rings. The summed E-state index contributed by atoms with van der Waals surface area (Å²) in [5.74, 6) is 1.25. The number of hydrogen-bond donors (Lipinski definition) is 0. The minimum Gasteiger partial charge on any atom is -0.496 e. The van der Waals surface area contributed by atoms with Gasteiger partial charge in [0.2, 0.25) is 5.65 Å². The van der Waals surface area contributed by atoms with E-state index < -0.39 is 4.92 Å². The normalized spacial score (nSPS) is 10.7. The van der Waals surface area contributed by atoms with E-state index >= 15 is 0 Å². The van der Waals surface area contributed by atoms with Crippen LogP contribution in [0.4, 0.5) is 5.69 Å². The molecule has 0 aliphatic heterocycles. The van der Waals surface area contributed by atoms with Crippen molar-refractivity contribution in [2.75, 3.05) is 7.11 Å². The number of benzene rings is 1. The van der Waals surface area contributed by atoms with Crippen LogP contribution in [0, 0.1) is 10.1 Å². The van der Waals surface area contributed by atoms with Gasteiger partial charge in [-0.25, -0.2) is 9.50 Å². The van der Waals surface area contributed by atoms with Crippen molar-refractivity contribution in [2.24, 2.45) is 0 Å². The highest BCUT2D eigenvalue weighted by Gasteiger charge is 2.16. The maximum atomic E-state index is 11.0. The minimum absolute atomic E-state index is 0.0590. The molecule has 0 amide bonds. The molecule has 1 aromatic carbocycles. The highest BCUT2D eigenvalue weighted by atomic mass is 16.6. The Morgan fingerprint density at radius 3 is 2.86 bits per heavy atom. The zero-order valence-electron chi connectivity index (χ0n) is 11.3. The molecular formula is C14H12N4O3. The summed E-state index contributed by atoms with van der Waals surface area (Å²) in [4.78, 5) is 14.8. The predicted octanol–water partition coefficient (Wildman–Crippen LogP) is 2.24. The third-order valence-corrected chi connectivity index (χ3v) is 3.12. The predicted molar refractivity (Wildman–Crippen MR) is 75.4 cm³/mol. The van der Waals surface area contributed by atoms with Gasteiger partial charge in [-0.2, -0.15) is 5.10 Å². The number of pyridine rings is 1. The van der Waals surface area contributed by atoms with Gasteiger partial charge in [0.15, 0.2) is 5.82 Å². The summed E-state index contributed by atoms with van der Waals surface area (Å²) in [6.45, 7) is 0. The summed E-state index contributed by atoms with van der Waals surface area (Å²) in [5, 5.41) is 15.3. The first-order chi connectivity index (χ1) is 10.2. The van der Waals surface area contributed by atoms with E-state index in [-0.39, 0.29) is 11.3 Å². The molecular weight excluding hydrogens is 272 g/mol. The fourth-order valence-corrected chi connectivity index (χ4v) is 2.17. The SMILES string of the molecule is COc1ccccc1Cc1nc2c([N+](=O)[O-])cccn2n1. The molecule has 0 saturated heterocycles. The number of hydrogen-bond acceptors (Lipinski definition) is 5. The van der Waals surface area contributed by atoms with Crippen molar-refractivity contribution in [3.05, 3.63) is 64.1 Å². The van der Waals surface area contributed by atoms with E-state index in [1.165, 1.54) is 10.6 Å². The van der Waals surface area contributed by atoms with E-state index in [1.54, 1.807) is 19.4 Å². The second kappa shape index (κ2) is 5.20. The van der Waals surface area contributed by atoms with Crippen LogP contribution in [-0.2, 0) is 6.42 Å². The molecule has 0 N–H and O–H groups in total. The molecule has 0 aliphatic carbocycles. The molecule has 7 heteroatoms. The number of nitro groups is 1. The summed E-state index contributed by atoms with van der Waals surface area (Å²) < 4.78 is 6.70. The van der Waals surface area contributed by atoms with E-state index in [4.69, 9.17) is 4.74 Å². The molecule has 0 saturated carbocycles. The van der Waals surface area contributed by atoms with Gasteiger partial charge in [0.25, 0.3) is 0 Å². The molecule has 2 heterocycles. The molecule has 0 bridgehead atoms. The average molecular weight is 284 g/mol. The molecule has 7 nitrogen and oxygen atoms in total. The Morgan fingerprint density at radius 1 is 1.29 bits per heavy atom. The van der Waals surface area contributed by atoms with Crippen molar-refractivity contribution < 1.29 is 9.66 Å². The van der Waals surface area contributed by atoms with Crippen LogP contribution >= 0.6 is 0 Å². The minimum atomic E-state index is -0.461. The Hall–Kier alpha value is -2.96. The lowest BCUT2D eigenvalue weighted by Crippen LogP contribution is -1.95. The Kier molecular flexibility index (Phi) is 3.23. The summed E-state index contributed by atoms with van der Waals surface area (Å²) in [7, 11) is 1.60. The molecule has 0 fully saturated rings. The van der Waals surface area contributed by atoms with E-state index in [0.717, 1.165) is 11.3 Å². The highest BCUT2D eigenvalue weighted by molar-refractivity contribution is 5.58. The summed E-state index contributed by atoms with van der Waals surface area (Å²) in [5.41, 5.74) is 1.11. The average Bonchev–Trinajstić information content (AvgIpc) is 2.89. The number of ether oxygens (including phenoxy) is 1. The smallest absolute Gasteiger partial charge is 0.313 e. The van der Waals surface area contributed by atoms with Crippen LogP contribution < -0.4 is 4.74 Å². The first-order valence-corrected chi connectivity index (χ1v) is 6.29. The van der Waals surface area contributed by atoms with Crippen molar-refractivity contribution >= 4 is 11.3 Å². The van der Waals surface area contributed by atoms with Crippen LogP contribution in [0.3, 0.4) is 0 Å². The van der Waals surface area contributed by atoms with Crippen LogP contribution in [-0.4, -0.2) is 26.6 Å². The van der Waals surface area contributed by atoms with Gasteiger partial charge in [-0.05, 0) is 12.1 Å². The molecule has 2 aromatic heterocycles. The van der Waals surface area contributed by atoms with Gasteiger partial charge < -0.3 is 4.74 Å². The third kappa shape index (κ3) is 2.40. The van der Waals surface area contributed by atoms with Crippen molar-refractivity contribution in [1.82, 2.24) is 14.6 Å². The van der Waals surface area contributed by atoms with Gasteiger partial charge >= 0.3 is 5.69 Å².